The van der Waals surface area contributed by atoms with E-state index in [0.717, 1.165) is 0 Å². The van der Waals surface area contributed by atoms with E-state index in [0.29, 0.717) is 4.38 Å². The molecule has 0 spiro atoms. The minimum absolute atomic E-state index is 0.0511. The van der Waals surface area contributed by atoms with Gasteiger partial charge >= 0.3 is 0 Å². The molecule has 0 saturated carbocycles. The fourth-order valence-corrected chi connectivity index (χ4v) is 162. The van der Waals surface area contributed by atoms with Crippen LogP contribution in [0.15, 0.2) is 0 Å². The summed E-state index contributed by atoms with van der Waals surface area (Å²) in [4.78, 5) is 0. The second kappa shape index (κ2) is 15.8. The second-order valence-electron chi connectivity index (χ2n) is 3.57. The molecule has 134 valence electrons. The SMILES string of the molecule is P[P-]P(P)C(P(P)P)(P(P(P)P)P(P)P)P(P(P)P)P(P)P. The third-order valence-electron chi connectivity index (χ3n) is 2.19. The maximum atomic E-state index is 3.29. The Morgan fingerprint density at radius 3 is 0.955 bits per heavy atom. The van der Waals surface area contributed by atoms with E-state index in [1.165, 1.54) is 7.96 Å². The molecule has 13 atom stereocenters. The highest BCUT2D eigenvalue weighted by molar-refractivity contribution is 9.06. The summed E-state index contributed by atoms with van der Waals surface area (Å²) < 4.78 is 0.494. The zero-order valence-electron chi connectivity index (χ0n) is 11.5. The summed E-state index contributed by atoms with van der Waals surface area (Å²) in [5, 5.41) is 0. The molecule has 0 amide bonds. The standard InChI is InChI=1S/CH24P21/c2-14-16(5)1(15(3)4,17(19(6)7)20(8)9)18(21(10)11)22(12)13/h2-13H2/q-1. The average molecular weight is 687 g/mol. The summed E-state index contributed by atoms with van der Waals surface area (Å²) in [5.74, 6) is 0. The first-order valence-electron chi connectivity index (χ1n) is 4.99. The van der Waals surface area contributed by atoms with Crippen molar-refractivity contribution < 1.29 is 0 Å². The van der Waals surface area contributed by atoms with E-state index in [9.17, 15) is 0 Å². The highest BCUT2D eigenvalue weighted by Gasteiger charge is 2.53. The number of hydrogen-bond acceptors (Lipinski definition) is 0. The molecule has 0 aliphatic carbocycles. The Balaban J connectivity index is 6.46. The van der Waals surface area contributed by atoms with Crippen molar-refractivity contribution in [1.29, 1.82) is 0 Å². The summed E-state index contributed by atoms with van der Waals surface area (Å²) in [6.45, 7) is -0.320. The van der Waals surface area contributed by atoms with Gasteiger partial charge in [0.15, 0.2) is 0 Å². The van der Waals surface area contributed by atoms with Crippen molar-refractivity contribution >= 4 is 172 Å². The number of hydrogen-bond donors (Lipinski definition) is 0. The molecule has 22 heavy (non-hydrogen) atoms. The van der Waals surface area contributed by atoms with Gasteiger partial charge in [-0.15, -0.1) is 98.2 Å². The molecule has 0 nitrogen and oxygen atoms in total. The van der Waals surface area contributed by atoms with Crippen LogP contribution in [0, 0.1) is 0 Å². The van der Waals surface area contributed by atoms with Crippen molar-refractivity contribution in [3.05, 3.63) is 0 Å². The monoisotopic (exact) mass is 687 g/mol. The lowest BCUT2D eigenvalue weighted by molar-refractivity contribution is 1.87. The summed E-state index contributed by atoms with van der Waals surface area (Å²) >= 11 is 0. The van der Waals surface area contributed by atoms with Crippen molar-refractivity contribution in [2.75, 3.05) is 0 Å². The van der Waals surface area contributed by atoms with Crippen molar-refractivity contribution in [3.63, 3.8) is 0 Å². The lowest BCUT2D eigenvalue weighted by Crippen LogP contribution is -2.07. The summed E-state index contributed by atoms with van der Waals surface area (Å²) in [5.41, 5.74) is 0. The lowest BCUT2D eigenvalue weighted by Gasteiger charge is -2.61. The normalized spacial score (nSPS) is 16.0. The van der Waals surface area contributed by atoms with Crippen LogP contribution < -0.4 is 0 Å². The molecule has 0 aromatic heterocycles. The third kappa shape index (κ3) is 8.76. The van der Waals surface area contributed by atoms with E-state index in [1.807, 2.05) is 0 Å². The Kier molecular flexibility index (Phi) is 22.3. The van der Waals surface area contributed by atoms with Gasteiger partial charge in [0, 0.05) is 0 Å². The van der Waals surface area contributed by atoms with Gasteiger partial charge < -0.3 is 7.96 Å². The molecule has 0 rings (SSSR count). The molecule has 0 radical (unpaired) electrons. The smallest absolute Gasteiger partial charge is 0.0509 e. The van der Waals surface area contributed by atoms with Gasteiger partial charge in [0.05, 0.1) is 4.38 Å². The van der Waals surface area contributed by atoms with E-state index in [2.05, 4.69) is 107 Å². The van der Waals surface area contributed by atoms with Crippen LogP contribution in [-0.2, 0) is 0 Å². The van der Waals surface area contributed by atoms with Crippen molar-refractivity contribution in [3.8, 4) is 0 Å². The van der Waals surface area contributed by atoms with Crippen LogP contribution >= 0.6 is 172 Å². The Labute approximate surface area is 175 Å². The van der Waals surface area contributed by atoms with E-state index < -0.39 is 0 Å². The molecule has 0 aromatic rings. The van der Waals surface area contributed by atoms with Crippen LogP contribution in [0.5, 0.6) is 0 Å². The summed E-state index contributed by atoms with van der Waals surface area (Å²) in [7, 11) is 39.3. The van der Waals surface area contributed by atoms with Gasteiger partial charge in [0.1, 0.15) is 0 Å². The summed E-state index contributed by atoms with van der Waals surface area (Å²) in [6, 6.07) is 0. The quantitative estimate of drug-likeness (QED) is 0.212. The Morgan fingerprint density at radius 2 is 0.818 bits per heavy atom. The molecule has 0 N–H and O–H groups in total. The molecular weight excluding hydrogens is 662 g/mol. The van der Waals surface area contributed by atoms with Crippen LogP contribution in [0.25, 0.3) is 0 Å². The largest absolute Gasteiger partial charge is 0.476 e. The van der Waals surface area contributed by atoms with Crippen molar-refractivity contribution in [2.45, 2.75) is 4.38 Å². The molecular formula is CH24P21-. The fraction of sp³-hybridized carbons (Fsp3) is 1.00. The van der Waals surface area contributed by atoms with E-state index in [-0.39, 0.29) is 57.1 Å². The van der Waals surface area contributed by atoms with Gasteiger partial charge in [-0.2, -0.15) is 0 Å². The van der Waals surface area contributed by atoms with Gasteiger partial charge in [0.25, 0.3) is 0 Å². The molecule has 0 aliphatic rings. The zero-order valence-corrected chi connectivity index (χ0v) is 33.4. The molecule has 0 aliphatic heterocycles. The Morgan fingerprint density at radius 1 is 0.545 bits per heavy atom. The molecule has 0 fully saturated rings. The van der Waals surface area contributed by atoms with Gasteiger partial charge in [-0.25, -0.2) is 7.30 Å². The highest BCUT2D eigenvalue weighted by atomic mass is 33.0. The third-order valence-corrected chi connectivity index (χ3v) is 85.0. The maximum Gasteiger partial charge on any atom is 0.0509 e. The lowest BCUT2D eigenvalue weighted by atomic mass is 11.8. The van der Waals surface area contributed by atoms with Gasteiger partial charge in [-0.05, 0) is 49.8 Å². The first-order valence-corrected chi connectivity index (χ1v) is 39.6. The minimum atomic E-state index is -0.165. The molecule has 0 bridgehead atoms. The van der Waals surface area contributed by atoms with E-state index in [1.54, 1.807) is 0 Å². The average Bonchev–Trinajstić information content (AvgIpc) is 2.34. The van der Waals surface area contributed by atoms with Crippen LogP contribution in [-0.4, -0.2) is 4.38 Å². The molecule has 13 unspecified atom stereocenters. The molecule has 0 saturated heterocycles. The molecule has 0 heterocycles. The highest BCUT2D eigenvalue weighted by Crippen LogP contribution is 3.21. The zero-order chi connectivity index (χ0) is 17.8. The second-order valence-corrected chi connectivity index (χ2v) is 69.5. The number of rotatable bonds is 9. The summed E-state index contributed by atoms with van der Waals surface area (Å²) in [6.07, 6.45) is 0. The van der Waals surface area contributed by atoms with Gasteiger partial charge in [-0.3, -0.25) is 8.93 Å². The molecule has 21 heteroatoms. The molecule has 0 aromatic carbocycles. The predicted octanol–water partition coefficient (Wildman–Crippen LogP) is 11.5. The van der Waals surface area contributed by atoms with E-state index >= 15 is 0 Å². The Bertz CT molecular complexity index is 265. The minimum Gasteiger partial charge on any atom is -0.476 e. The van der Waals surface area contributed by atoms with E-state index in [4.69, 9.17) is 0 Å². The van der Waals surface area contributed by atoms with Gasteiger partial charge in [0.2, 0.25) is 0 Å². The van der Waals surface area contributed by atoms with Crippen LogP contribution in [0.2, 0.25) is 0 Å². The Hall–Kier alpha value is 9.03. The first-order chi connectivity index (χ1) is 9.95. The predicted molar refractivity (Wildman–Crippen MR) is 182 cm³/mol. The van der Waals surface area contributed by atoms with Crippen LogP contribution in [0.3, 0.4) is 0 Å². The first kappa shape index (κ1) is 31.0. The van der Waals surface area contributed by atoms with Crippen LogP contribution in [0.4, 0.5) is 0 Å². The maximum absolute atomic E-state index is 3.29. The van der Waals surface area contributed by atoms with Crippen molar-refractivity contribution in [1.82, 2.24) is 0 Å². The van der Waals surface area contributed by atoms with Gasteiger partial charge in [-0.1, -0.05) is 0 Å². The topological polar surface area (TPSA) is 0 Å². The fourth-order valence-electron chi connectivity index (χ4n) is 1.52. The van der Waals surface area contributed by atoms with Crippen molar-refractivity contribution in [2.24, 2.45) is 0 Å². The van der Waals surface area contributed by atoms with Crippen LogP contribution in [0.1, 0.15) is 0 Å².